The van der Waals surface area contributed by atoms with Crippen LogP contribution in [0.2, 0.25) is 0 Å². The second-order valence-electron chi connectivity index (χ2n) is 6.56. The number of ether oxygens (including phenoxy) is 2. The normalized spacial score (nSPS) is 13.1. The molecular weight excluding hydrogens is 266 g/mol. The maximum Gasteiger partial charge on any atom is 0.323 e. The summed E-state index contributed by atoms with van der Waals surface area (Å²) in [6.45, 7) is 10.8. The van der Waals surface area contributed by atoms with Crippen LogP contribution in [0.15, 0.2) is 24.3 Å². The summed E-state index contributed by atoms with van der Waals surface area (Å²) in [4.78, 5) is 11.6. The molecule has 0 aliphatic heterocycles. The minimum Gasteiger partial charge on any atom is -0.490 e. The standard InChI is InChI=1S/C17H27NO3/c1-12(2)15(18)16(19)21-10-9-20-14-8-6-7-13(11-14)17(3,4)5/h6-8,11-12,15H,9-10,18H2,1-5H3/t15-/m0/s1. The number of carbonyl (C=O) groups excluding carboxylic acids is 1. The van der Waals surface area contributed by atoms with Crippen LogP contribution in [0.5, 0.6) is 5.75 Å². The minimum absolute atomic E-state index is 0.0712. The molecule has 118 valence electrons. The van der Waals surface area contributed by atoms with Gasteiger partial charge in [-0.25, -0.2) is 0 Å². The van der Waals surface area contributed by atoms with E-state index in [0.717, 1.165) is 5.75 Å². The number of carbonyl (C=O) groups is 1. The summed E-state index contributed by atoms with van der Waals surface area (Å²) in [5, 5.41) is 0. The van der Waals surface area contributed by atoms with Crippen molar-refractivity contribution in [1.29, 1.82) is 0 Å². The zero-order valence-corrected chi connectivity index (χ0v) is 13.7. The topological polar surface area (TPSA) is 61.6 Å². The van der Waals surface area contributed by atoms with E-state index in [-0.39, 0.29) is 23.9 Å². The lowest BCUT2D eigenvalue weighted by atomic mass is 9.87. The van der Waals surface area contributed by atoms with E-state index in [4.69, 9.17) is 15.2 Å². The van der Waals surface area contributed by atoms with E-state index in [1.165, 1.54) is 5.56 Å². The van der Waals surface area contributed by atoms with Crippen LogP contribution in [0.1, 0.15) is 40.2 Å². The minimum atomic E-state index is -0.575. The van der Waals surface area contributed by atoms with Crippen molar-refractivity contribution in [2.75, 3.05) is 13.2 Å². The second-order valence-corrected chi connectivity index (χ2v) is 6.56. The fraction of sp³-hybridized carbons (Fsp3) is 0.588. The van der Waals surface area contributed by atoms with E-state index < -0.39 is 6.04 Å². The van der Waals surface area contributed by atoms with Crippen molar-refractivity contribution in [2.45, 2.75) is 46.1 Å². The maximum atomic E-state index is 11.6. The molecule has 2 N–H and O–H groups in total. The largest absolute Gasteiger partial charge is 0.490 e. The molecule has 1 aromatic carbocycles. The van der Waals surface area contributed by atoms with E-state index in [1.54, 1.807) is 0 Å². The van der Waals surface area contributed by atoms with Gasteiger partial charge in [0.05, 0.1) is 0 Å². The lowest BCUT2D eigenvalue weighted by Crippen LogP contribution is -2.37. The van der Waals surface area contributed by atoms with Crippen molar-refractivity contribution in [3.05, 3.63) is 29.8 Å². The van der Waals surface area contributed by atoms with Gasteiger partial charge in [0.25, 0.3) is 0 Å². The van der Waals surface area contributed by atoms with Gasteiger partial charge >= 0.3 is 5.97 Å². The van der Waals surface area contributed by atoms with Gasteiger partial charge in [0.2, 0.25) is 0 Å². The molecule has 0 amide bonds. The van der Waals surface area contributed by atoms with E-state index in [1.807, 2.05) is 32.0 Å². The first-order chi connectivity index (χ1) is 9.71. The molecule has 1 aromatic rings. The Morgan fingerprint density at radius 2 is 1.90 bits per heavy atom. The van der Waals surface area contributed by atoms with Gasteiger partial charge in [-0.1, -0.05) is 46.8 Å². The number of hydrogen-bond donors (Lipinski definition) is 1. The molecule has 0 heterocycles. The third-order valence-corrected chi connectivity index (χ3v) is 3.29. The van der Waals surface area contributed by atoms with Crippen molar-refractivity contribution in [2.24, 2.45) is 11.7 Å². The highest BCUT2D eigenvalue weighted by Crippen LogP contribution is 2.25. The van der Waals surface area contributed by atoms with Crippen molar-refractivity contribution < 1.29 is 14.3 Å². The number of hydrogen-bond acceptors (Lipinski definition) is 4. The predicted octanol–water partition coefficient (Wildman–Crippen LogP) is 2.89. The second kappa shape index (κ2) is 7.46. The average molecular weight is 293 g/mol. The molecule has 4 heteroatoms. The summed E-state index contributed by atoms with van der Waals surface area (Å²) in [5.41, 5.74) is 6.99. The van der Waals surface area contributed by atoms with Gasteiger partial charge in [-0.05, 0) is 29.0 Å². The molecule has 1 rings (SSSR count). The van der Waals surface area contributed by atoms with Gasteiger partial charge < -0.3 is 15.2 Å². The summed E-state index contributed by atoms with van der Waals surface area (Å²) in [7, 11) is 0. The van der Waals surface area contributed by atoms with E-state index in [0.29, 0.717) is 6.61 Å². The van der Waals surface area contributed by atoms with Gasteiger partial charge in [0, 0.05) is 0 Å². The zero-order chi connectivity index (χ0) is 16.0. The fourth-order valence-electron chi connectivity index (χ4n) is 1.72. The molecule has 0 fully saturated rings. The highest BCUT2D eigenvalue weighted by Gasteiger charge is 2.18. The SMILES string of the molecule is CC(C)[C@H](N)C(=O)OCCOc1cccc(C(C)(C)C)c1. The number of benzene rings is 1. The number of rotatable bonds is 6. The molecular formula is C17H27NO3. The van der Waals surface area contributed by atoms with Crippen LogP contribution < -0.4 is 10.5 Å². The van der Waals surface area contributed by atoms with Gasteiger partial charge in [-0.3, -0.25) is 4.79 Å². The van der Waals surface area contributed by atoms with Crippen LogP contribution in [0, 0.1) is 5.92 Å². The molecule has 0 saturated carbocycles. The average Bonchev–Trinajstić information content (AvgIpc) is 2.41. The molecule has 0 spiro atoms. The Hall–Kier alpha value is -1.55. The number of nitrogens with two attached hydrogens (primary N) is 1. The van der Waals surface area contributed by atoms with Crippen molar-refractivity contribution in [3.8, 4) is 5.75 Å². The van der Waals surface area contributed by atoms with Crippen molar-refractivity contribution in [3.63, 3.8) is 0 Å². The van der Waals surface area contributed by atoms with E-state index in [9.17, 15) is 4.79 Å². The summed E-state index contributed by atoms with van der Waals surface area (Å²) < 4.78 is 10.7. The first-order valence-corrected chi connectivity index (χ1v) is 7.37. The molecule has 4 nitrogen and oxygen atoms in total. The first kappa shape index (κ1) is 17.5. The monoisotopic (exact) mass is 293 g/mol. The molecule has 0 unspecified atom stereocenters. The van der Waals surface area contributed by atoms with Crippen LogP contribution in [0.4, 0.5) is 0 Å². The van der Waals surface area contributed by atoms with Crippen molar-refractivity contribution >= 4 is 5.97 Å². The van der Waals surface area contributed by atoms with E-state index in [2.05, 4.69) is 26.8 Å². The molecule has 1 atom stereocenters. The summed E-state index contributed by atoms with van der Waals surface area (Å²) in [5.74, 6) is 0.477. The molecule has 0 aromatic heterocycles. The third-order valence-electron chi connectivity index (χ3n) is 3.29. The summed E-state index contributed by atoms with van der Waals surface area (Å²) in [6, 6.07) is 7.39. The molecule has 0 bridgehead atoms. The Morgan fingerprint density at radius 1 is 1.24 bits per heavy atom. The van der Waals surface area contributed by atoms with E-state index >= 15 is 0 Å². The lowest BCUT2D eigenvalue weighted by Gasteiger charge is -2.20. The Labute approximate surface area is 127 Å². The molecule has 0 saturated heterocycles. The fourth-order valence-corrected chi connectivity index (χ4v) is 1.72. The molecule has 0 aliphatic carbocycles. The van der Waals surface area contributed by atoms with Gasteiger partial charge in [-0.15, -0.1) is 0 Å². The Kier molecular flexibility index (Phi) is 6.21. The third kappa shape index (κ3) is 5.76. The van der Waals surface area contributed by atoms with Gasteiger partial charge in [0.1, 0.15) is 25.0 Å². The maximum absolute atomic E-state index is 11.6. The number of esters is 1. The van der Waals surface area contributed by atoms with Crippen molar-refractivity contribution in [1.82, 2.24) is 0 Å². The Morgan fingerprint density at radius 3 is 2.48 bits per heavy atom. The van der Waals surface area contributed by atoms with Crippen LogP contribution in [-0.2, 0) is 14.9 Å². The Balaban J connectivity index is 2.42. The van der Waals surface area contributed by atoms with Gasteiger partial charge in [-0.2, -0.15) is 0 Å². The quantitative estimate of drug-likeness (QED) is 0.647. The first-order valence-electron chi connectivity index (χ1n) is 7.37. The molecule has 0 aliphatic rings. The zero-order valence-electron chi connectivity index (χ0n) is 13.7. The summed E-state index contributed by atoms with van der Waals surface area (Å²) in [6.07, 6.45) is 0. The van der Waals surface area contributed by atoms with Gasteiger partial charge in [0.15, 0.2) is 0 Å². The molecule has 21 heavy (non-hydrogen) atoms. The smallest absolute Gasteiger partial charge is 0.323 e. The lowest BCUT2D eigenvalue weighted by molar-refractivity contribution is -0.147. The van der Waals surface area contributed by atoms with Crippen LogP contribution in [0.3, 0.4) is 0 Å². The van der Waals surface area contributed by atoms with Crippen LogP contribution >= 0.6 is 0 Å². The summed E-state index contributed by atoms with van der Waals surface area (Å²) >= 11 is 0. The molecule has 0 radical (unpaired) electrons. The predicted molar refractivity (Wildman–Crippen MR) is 84.4 cm³/mol. The highest BCUT2D eigenvalue weighted by molar-refractivity contribution is 5.75. The van der Waals surface area contributed by atoms with Crippen LogP contribution in [-0.4, -0.2) is 25.2 Å². The highest BCUT2D eigenvalue weighted by atomic mass is 16.6. The Bertz CT molecular complexity index is 463. The van der Waals surface area contributed by atoms with Crippen LogP contribution in [0.25, 0.3) is 0 Å².